The van der Waals surface area contributed by atoms with E-state index in [2.05, 4.69) is 4.90 Å². The quantitative estimate of drug-likeness (QED) is 0.879. The average Bonchev–Trinajstić information content (AvgIpc) is 2.32. The first kappa shape index (κ1) is 12.5. The molecule has 1 aromatic carbocycles. The Morgan fingerprint density at radius 2 is 2.00 bits per heavy atom. The van der Waals surface area contributed by atoms with E-state index in [1.54, 1.807) is 12.1 Å². The molecule has 17 heavy (non-hydrogen) atoms. The Kier molecular flexibility index (Phi) is 4.07. The Morgan fingerprint density at radius 3 is 2.65 bits per heavy atom. The normalized spacial score (nSPS) is 18.8. The number of nitrogens with two attached hydrogens (primary N) is 1. The minimum atomic E-state index is -2.38. The summed E-state index contributed by atoms with van der Waals surface area (Å²) in [7, 11) is 0. The number of piperidine rings is 1. The van der Waals surface area contributed by atoms with E-state index in [1.807, 2.05) is 6.07 Å². The lowest BCUT2D eigenvalue weighted by molar-refractivity contribution is 0.151. The highest BCUT2D eigenvalue weighted by molar-refractivity contribution is 5.24. The van der Waals surface area contributed by atoms with Crippen molar-refractivity contribution in [2.24, 2.45) is 5.73 Å². The fourth-order valence-corrected chi connectivity index (χ4v) is 2.20. The van der Waals surface area contributed by atoms with Gasteiger partial charge >= 0.3 is 0 Å². The lowest BCUT2D eigenvalue weighted by Crippen LogP contribution is -2.39. The standard InChI is InChI=1S/C13H18F2N2/c14-13(15)11-3-1-2-10(8-11)9-17-6-4-12(16)5-7-17/h1-3,8,12-13H,4-7,9,16H2. The van der Waals surface area contributed by atoms with Crippen molar-refractivity contribution in [3.8, 4) is 0 Å². The molecule has 0 aliphatic carbocycles. The molecular weight excluding hydrogens is 222 g/mol. The second-order valence-corrected chi connectivity index (χ2v) is 4.66. The molecule has 0 unspecified atom stereocenters. The molecule has 4 heteroatoms. The number of likely N-dealkylation sites (tertiary alicyclic amines) is 1. The SMILES string of the molecule is NC1CCN(Cc2cccc(C(F)F)c2)CC1. The minimum absolute atomic E-state index is 0.108. The van der Waals surface area contributed by atoms with E-state index in [0.29, 0.717) is 6.04 Å². The van der Waals surface area contributed by atoms with E-state index in [-0.39, 0.29) is 5.56 Å². The molecule has 2 nitrogen and oxygen atoms in total. The maximum Gasteiger partial charge on any atom is 0.263 e. The number of benzene rings is 1. The summed E-state index contributed by atoms with van der Waals surface area (Å²) in [5.74, 6) is 0. The Morgan fingerprint density at radius 1 is 1.29 bits per heavy atom. The van der Waals surface area contributed by atoms with Crippen molar-refractivity contribution < 1.29 is 8.78 Å². The summed E-state index contributed by atoms with van der Waals surface area (Å²) in [6, 6.07) is 6.98. The summed E-state index contributed by atoms with van der Waals surface area (Å²) in [6.45, 7) is 2.66. The highest BCUT2D eigenvalue weighted by atomic mass is 19.3. The van der Waals surface area contributed by atoms with Gasteiger partial charge in [-0.3, -0.25) is 4.90 Å². The van der Waals surface area contributed by atoms with Crippen molar-refractivity contribution in [3.05, 3.63) is 35.4 Å². The zero-order chi connectivity index (χ0) is 12.3. The Bertz CT molecular complexity index is 360. The van der Waals surface area contributed by atoms with Gasteiger partial charge in [0.2, 0.25) is 0 Å². The van der Waals surface area contributed by atoms with Crippen LogP contribution < -0.4 is 5.73 Å². The van der Waals surface area contributed by atoms with Crippen molar-refractivity contribution in [2.75, 3.05) is 13.1 Å². The fourth-order valence-electron chi connectivity index (χ4n) is 2.20. The van der Waals surface area contributed by atoms with Gasteiger partial charge in [0.05, 0.1) is 0 Å². The van der Waals surface area contributed by atoms with Crippen LogP contribution in [0.4, 0.5) is 8.78 Å². The lowest BCUT2D eigenvalue weighted by Gasteiger charge is -2.30. The average molecular weight is 240 g/mol. The van der Waals surface area contributed by atoms with Gasteiger partial charge in [-0.25, -0.2) is 8.78 Å². The Labute approximate surface area is 100 Å². The van der Waals surface area contributed by atoms with Crippen molar-refractivity contribution >= 4 is 0 Å². The molecule has 0 bridgehead atoms. The van der Waals surface area contributed by atoms with E-state index in [1.165, 1.54) is 6.07 Å². The summed E-state index contributed by atoms with van der Waals surface area (Å²) in [5.41, 5.74) is 6.89. The number of halogens is 2. The summed E-state index contributed by atoms with van der Waals surface area (Å²) < 4.78 is 25.1. The molecule has 1 saturated heterocycles. The topological polar surface area (TPSA) is 29.3 Å². The van der Waals surface area contributed by atoms with Crippen LogP contribution in [0.3, 0.4) is 0 Å². The van der Waals surface area contributed by atoms with Crippen LogP contribution in [0.5, 0.6) is 0 Å². The fraction of sp³-hybridized carbons (Fsp3) is 0.538. The van der Waals surface area contributed by atoms with Gasteiger partial charge in [0.1, 0.15) is 0 Å². The van der Waals surface area contributed by atoms with Gasteiger partial charge in [0.15, 0.2) is 0 Å². The number of nitrogens with zero attached hydrogens (tertiary/aromatic N) is 1. The summed E-state index contributed by atoms with van der Waals surface area (Å²) in [4.78, 5) is 2.27. The molecule has 0 spiro atoms. The second kappa shape index (κ2) is 5.56. The van der Waals surface area contributed by atoms with Gasteiger partial charge in [0, 0.05) is 18.2 Å². The first-order valence-corrected chi connectivity index (χ1v) is 6.00. The molecule has 1 aliphatic rings. The molecule has 1 aromatic rings. The zero-order valence-electron chi connectivity index (χ0n) is 9.78. The third-order valence-corrected chi connectivity index (χ3v) is 3.24. The third-order valence-electron chi connectivity index (χ3n) is 3.24. The van der Waals surface area contributed by atoms with E-state index in [4.69, 9.17) is 5.73 Å². The van der Waals surface area contributed by atoms with E-state index in [0.717, 1.165) is 38.0 Å². The molecule has 0 atom stereocenters. The Balaban J connectivity index is 1.96. The largest absolute Gasteiger partial charge is 0.328 e. The van der Waals surface area contributed by atoms with Crippen LogP contribution in [0.25, 0.3) is 0 Å². The summed E-state index contributed by atoms with van der Waals surface area (Å²) in [5, 5.41) is 0. The predicted molar refractivity (Wildman–Crippen MR) is 63.9 cm³/mol. The molecule has 2 rings (SSSR count). The van der Waals surface area contributed by atoms with Crippen LogP contribution in [-0.2, 0) is 6.54 Å². The zero-order valence-corrected chi connectivity index (χ0v) is 9.78. The third kappa shape index (κ3) is 3.48. The number of hydrogen-bond donors (Lipinski definition) is 1. The summed E-state index contributed by atoms with van der Waals surface area (Å²) in [6.07, 6.45) is -0.395. The number of alkyl halides is 2. The lowest BCUT2D eigenvalue weighted by atomic mass is 10.0. The molecule has 0 saturated carbocycles. The van der Waals surface area contributed by atoms with Gasteiger partial charge in [0.25, 0.3) is 6.43 Å². The summed E-state index contributed by atoms with van der Waals surface area (Å²) >= 11 is 0. The van der Waals surface area contributed by atoms with Crippen LogP contribution in [0.15, 0.2) is 24.3 Å². The highest BCUT2D eigenvalue weighted by Crippen LogP contribution is 2.20. The molecule has 0 radical (unpaired) electrons. The maximum atomic E-state index is 12.5. The molecule has 1 aliphatic heterocycles. The smallest absolute Gasteiger partial charge is 0.263 e. The molecule has 1 fully saturated rings. The van der Waals surface area contributed by atoms with Crippen LogP contribution in [0, 0.1) is 0 Å². The van der Waals surface area contributed by atoms with Gasteiger partial charge < -0.3 is 5.73 Å². The van der Waals surface area contributed by atoms with E-state index < -0.39 is 6.43 Å². The molecule has 1 heterocycles. The van der Waals surface area contributed by atoms with Crippen LogP contribution in [-0.4, -0.2) is 24.0 Å². The molecule has 94 valence electrons. The number of hydrogen-bond acceptors (Lipinski definition) is 2. The molecular formula is C13H18F2N2. The van der Waals surface area contributed by atoms with Crippen molar-refractivity contribution in [1.29, 1.82) is 0 Å². The molecule has 2 N–H and O–H groups in total. The first-order valence-electron chi connectivity index (χ1n) is 6.00. The van der Waals surface area contributed by atoms with Crippen LogP contribution in [0.2, 0.25) is 0 Å². The van der Waals surface area contributed by atoms with E-state index >= 15 is 0 Å². The van der Waals surface area contributed by atoms with Gasteiger partial charge in [-0.1, -0.05) is 18.2 Å². The van der Waals surface area contributed by atoms with Crippen molar-refractivity contribution in [2.45, 2.75) is 31.9 Å². The van der Waals surface area contributed by atoms with E-state index in [9.17, 15) is 8.78 Å². The second-order valence-electron chi connectivity index (χ2n) is 4.66. The van der Waals surface area contributed by atoms with Gasteiger partial charge in [-0.15, -0.1) is 0 Å². The monoisotopic (exact) mass is 240 g/mol. The highest BCUT2D eigenvalue weighted by Gasteiger charge is 2.16. The molecule has 0 amide bonds. The van der Waals surface area contributed by atoms with Crippen LogP contribution in [0.1, 0.15) is 30.4 Å². The number of rotatable bonds is 3. The van der Waals surface area contributed by atoms with Crippen molar-refractivity contribution in [1.82, 2.24) is 4.90 Å². The van der Waals surface area contributed by atoms with Gasteiger partial charge in [-0.05, 0) is 37.6 Å². The minimum Gasteiger partial charge on any atom is -0.328 e. The van der Waals surface area contributed by atoms with Crippen LogP contribution >= 0.6 is 0 Å². The molecule has 0 aromatic heterocycles. The maximum absolute atomic E-state index is 12.5. The van der Waals surface area contributed by atoms with Crippen molar-refractivity contribution in [3.63, 3.8) is 0 Å². The Hall–Kier alpha value is -1.00. The first-order chi connectivity index (χ1) is 8.15. The van der Waals surface area contributed by atoms with Gasteiger partial charge in [-0.2, -0.15) is 0 Å². The predicted octanol–water partition coefficient (Wildman–Crippen LogP) is 2.55.